The highest BCUT2D eigenvalue weighted by Crippen LogP contribution is 2.29. The zero-order chi connectivity index (χ0) is 14.0. The van der Waals surface area contributed by atoms with Crippen molar-refractivity contribution in [3.8, 4) is 0 Å². The van der Waals surface area contributed by atoms with Crippen LogP contribution < -0.4 is 5.32 Å². The molecular formula is C13H19F3N2. The largest absolute Gasteiger partial charge is 0.433 e. The summed E-state index contributed by atoms with van der Waals surface area (Å²) in [5.41, 5.74) is -0.870. The van der Waals surface area contributed by atoms with E-state index >= 15 is 0 Å². The lowest BCUT2D eigenvalue weighted by Gasteiger charge is -2.29. The molecule has 102 valence electrons. The van der Waals surface area contributed by atoms with Crippen LogP contribution in [0, 0.1) is 11.3 Å². The summed E-state index contributed by atoms with van der Waals surface area (Å²) in [7, 11) is 0. The fourth-order valence-electron chi connectivity index (χ4n) is 1.21. The van der Waals surface area contributed by atoms with E-state index in [1.54, 1.807) is 6.07 Å². The first-order chi connectivity index (χ1) is 8.13. The molecule has 1 aromatic heterocycles. The second kappa shape index (κ2) is 5.16. The molecule has 0 saturated heterocycles. The highest BCUT2D eigenvalue weighted by atomic mass is 19.4. The molecule has 0 radical (unpaired) electrons. The molecule has 0 amide bonds. The number of halogens is 3. The molecule has 0 unspecified atom stereocenters. The Morgan fingerprint density at radius 1 is 1.22 bits per heavy atom. The number of alkyl halides is 3. The van der Waals surface area contributed by atoms with Crippen molar-refractivity contribution in [2.75, 3.05) is 11.9 Å². The van der Waals surface area contributed by atoms with Gasteiger partial charge in [-0.2, -0.15) is 13.2 Å². The summed E-state index contributed by atoms with van der Waals surface area (Å²) in [5, 5.41) is 2.97. The number of hydrogen-bond donors (Lipinski definition) is 1. The highest BCUT2D eigenvalue weighted by molar-refractivity contribution is 5.36. The van der Waals surface area contributed by atoms with Gasteiger partial charge in [0.2, 0.25) is 0 Å². The Morgan fingerprint density at radius 2 is 1.83 bits per heavy atom. The average molecular weight is 260 g/mol. The third kappa shape index (κ3) is 3.89. The van der Waals surface area contributed by atoms with Crippen molar-refractivity contribution >= 4 is 5.82 Å². The average Bonchev–Trinajstić information content (AvgIpc) is 2.25. The Bertz CT molecular complexity index is 397. The van der Waals surface area contributed by atoms with Crippen LogP contribution >= 0.6 is 0 Å². The molecule has 0 aromatic carbocycles. The number of pyridine rings is 1. The van der Waals surface area contributed by atoms with Crippen molar-refractivity contribution in [3.05, 3.63) is 23.9 Å². The van der Waals surface area contributed by atoms with Gasteiger partial charge in [0.05, 0.1) is 0 Å². The Hall–Kier alpha value is -1.26. The van der Waals surface area contributed by atoms with Crippen molar-refractivity contribution in [2.45, 2.75) is 33.9 Å². The molecule has 2 nitrogen and oxygen atoms in total. The van der Waals surface area contributed by atoms with E-state index in [2.05, 4.69) is 38.0 Å². The minimum Gasteiger partial charge on any atom is -0.370 e. The van der Waals surface area contributed by atoms with Crippen LogP contribution in [0.3, 0.4) is 0 Å². The van der Waals surface area contributed by atoms with Gasteiger partial charge in [-0.15, -0.1) is 0 Å². The molecule has 0 aliphatic carbocycles. The fourth-order valence-corrected chi connectivity index (χ4v) is 1.21. The minimum absolute atomic E-state index is 0.00405. The quantitative estimate of drug-likeness (QED) is 0.877. The smallest absolute Gasteiger partial charge is 0.370 e. The summed E-state index contributed by atoms with van der Waals surface area (Å²) in [6, 6.07) is 3.88. The molecule has 0 saturated carbocycles. The van der Waals surface area contributed by atoms with Crippen LogP contribution in [-0.2, 0) is 6.18 Å². The summed E-state index contributed by atoms with van der Waals surface area (Å²) in [4.78, 5) is 3.57. The Morgan fingerprint density at radius 3 is 2.33 bits per heavy atom. The van der Waals surface area contributed by atoms with E-state index in [1.165, 1.54) is 6.07 Å². The lowest BCUT2D eigenvalue weighted by molar-refractivity contribution is -0.141. The van der Waals surface area contributed by atoms with Crippen molar-refractivity contribution in [1.82, 2.24) is 4.98 Å². The van der Waals surface area contributed by atoms with Gasteiger partial charge in [-0.3, -0.25) is 0 Å². The van der Waals surface area contributed by atoms with Crippen LogP contribution in [0.5, 0.6) is 0 Å². The first-order valence-electron chi connectivity index (χ1n) is 5.91. The number of hydrogen-bond acceptors (Lipinski definition) is 2. The predicted molar refractivity (Wildman–Crippen MR) is 66.3 cm³/mol. The number of aromatic nitrogens is 1. The van der Waals surface area contributed by atoms with E-state index in [-0.39, 0.29) is 11.2 Å². The molecule has 1 N–H and O–H groups in total. The number of nitrogens with one attached hydrogen (secondary N) is 1. The van der Waals surface area contributed by atoms with Crippen LogP contribution in [0.4, 0.5) is 19.0 Å². The third-order valence-corrected chi connectivity index (χ3v) is 3.33. The molecule has 0 aliphatic rings. The van der Waals surface area contributed by atoms with Gasteiger partial charge < -0.3 is 5.32 Å². The maximum atomic E-state index is 12.5. The van der Waals surface area contributed by atoms with Gasteiger partial charge in [0.1, 0.15) is 11.5 Å². The Kier molecular flexibility index (Phi) is 4.24. The number of rotatable bonds is 4. The maximum absolute atomic E-state index is 12.5. The van der Waals surface area contributed by atoms with E-state index in [9.17, 15) is 13.2 Å². The van der Waals surface area contributed by atoms with Gasteiger partial charge in [-0.05, 0) is 23.5 Å². The molecule has 0 atom stereocenters. The van der Waals surface area contributed by atoms with E-state index < -0.39 is 11.9 Å². The first kappa shape index (κ1) is 14.8. The summed E-state index contributed by atoms with van der Waals surface area (Å²) in [6.07, 6.45) is -4.40. The lowest BCUT2D eigenvalue weighted by atomic mass is 9.81. The lowest BCUT2D eigenvalue weighted by Crippen LogP contribution is -2.29. The second-order valence-corrected chi connectivity index (χ2v) is 5.40. The molecule has 18 heavy (non-hydrogen) atoms. The maximum Gasteiger partial charge on any atom is 0.433 e. The van der Waals surface area contributed by atoms with E-state index in [0.717, 1.165) is 6.07 Å². The Labute approximate surface area is 106 Å². The number of anilines is 1. The number of nitrogens with zero attached hydrogens (tertiary/aromatic N) is 1. The molecule has 0 fully saturated rings. The Balaban J connectivity index is 2.75. The van der Waals surface area contributed by atoms with Crippen molar-refractivity contribution in [2.24, 2.45) is 11.3 Å². The summed E-state index contributed by atoms with van der Waals surface area (Å²) in [5.74, 6) is 0.689. The monoisotopic (exact) mass is 260 g/mol. The molecule has 0 aliphatic heterocycles. The fraction of sp³-hybridized carbons (Fsp3) is 0.615. The van der Waals surface area contributed by atoms with E-state index in [0.29, 0.717) is 12.5 Å². The van der Waals surface area contributed by atoms with Crippen LogP contribution in [0.2, 0.25) is 0 Å². The van der Waals surface area contributed by atoms with Crippen LogP contribution in [0.25, 0.3) is 0 Å². The molecule has 5 heteroatoms. The molecule has 1 heterocycles. The third-order valence-electron chi connectivity index (χ3n) is 3.33. The van der Waals surface area contributed by atoms with Crippen LogP contribution in [-0.4, -0.2) is 11.5 Å². The van der Waals surface area contributed by atoms with Gasteiger partial charge in [0.25, 0.3) is 0 Å². The van der Waals surface area contributed by atoms with Crippen LogP contribution in [0.1, 0.15) is 33.4 Å². The molecular weight excluding hydrogens is 241 g/mol. The summed E-state index contributed by atoms with van der Waals surface area (Å²) < 4.78 is 37.4. The van der Waals surface area contributed by atoms with Gasteiger partial charge in [0.15, 0.2) is 0 Å². The van der Waals surface area contributed by atoms with Gasteiger partial charge >= 0.3 is 6.18 Å². The second-order valence-electron chi connectivity index (χ2n) is 5.40. The molecule has 0 spiro atoms. The normalized spacial score (nSPS) is 12.9. The first-order valence-corrected chi connectivity index (χ1v) is 5.91. The predicted octanol–water partition coefficient (Wildman–Crippen LogP) is 4.19. The highest BCUT2D eigenvalue weighted by Gasteiger charge is 2.32. The molecule has 0 bridgehead atoms. The van der Waals surface area contributed by atoms with E-state index in [4.69, 9.17) is 0 Å². The topological polar surface area (TPSA) is 24.9 Å². The van der Waals surface area contributed by atoms with Gasteiger partial charge in [0, 0.05) is 6.54 Å². The van der Waals surface area contributed by atoms with Crippen molar-refractivity contribution in [1.29, 1.82) is 0 Å². The van der Waals surface area contributed by atoms with Crippen LogP contribution in [0.15, 0.2) is 18.2 Å². The summed E-state index contributed by atoms with van der Waals surface area (Å²) >= 11 is 0. The van der Waals surface area contributed by atoms with Gasteiger partial charge in [-0.1, -0.05) is 33.8 Å². The van der Waals surface area contributed by atoms with Crippen molar-refractivity contribution in [3.63, 3.8) is 0 Å². The molecule has 1 rings (SSSR count). The molecule has 1 aromatic rings. The minimum atomic E-state index is -4.40. The zero-order valence-electron chi connectivity index (χ0n) is 11.1. The van der Waals surface area contributed by atoms with E-state index in [1.807, 2.05) is 0 Å². The van der Waals surface area contributed by atoms with Gasteiger partial charge in [-0.25, -0.2) is 4.98 Å². The summed E-state index contributed by atoms with van der Waals surface area (Å²) in [6.45, 7) is 8.89. The SMILES string of the molecule is CC(C)C(C)(C)CNc1cccc(C(F)(F)F)n1. The zero-order valence-corrected chi connectivity index (χ0v) is 11.1. The standard InChI is InChI=1S/C13H19F3N2/c1-9(2)12(3,4)8-17-11-7-5-6-10(18-11)13(14,15)16/h5-7,9H,8H2,1-4H3,(H,17,18). The van der Waals surface area contributed by atoms with Crippen molar-refractivity contribution < 1.29 is 13.2 Å².